The summed E-state index contributed by atoms with van der Waals surface area (Å²) in [4.78, 5) is 27.9. The Hall–Kier alpha value is -1.83. The van der Waals surface area contributed by atoms with Crippen LogP contribution in [0.1, 0.15) is 48.0 Å². The normalized spacial score (nSPS) is 21.1. The van der Waals surface area contributed by atoms with E-state index in [0.29, 0.717) is 42.7 Å². The lowest BCUT2D eigenvalue weighted by molar-refractivity contribution is 0.0695. The van der Waals surface area contributed by atoms with E-state index in [-0.39, 0.29) is 23.8 Å². The summed E-state index contributed by atoms with van der Waals surface area (Å²) >= 11 is 6.71. The van der Waals surface area contributed by atoms with Gasteiger partial charge in [0, 0.05) is 36.3 Å². The number of hydrogen-bond acceptors (Lipinski definition) is 4. The predicted octanol–water partition coefficient (Wildman–Crippen LogP) is 3.33. The van der Waals surface area contributed by atoms with E-state index in [9.17, 15) is 14.7 Å². The maximum absolute atomic E-state index is 15.3. The van der Waals surface area contributed by atoms with E-state index in [1.807, 2.05) is 4.90 Å². The number of anilines is 1. The highest BCUT2D eigenvalue weighted by Gasteiger charge is 2.47. The molecule has 1 aromatic carbocycles. The Balaban J connectivity index is 0.00000225. The minimum absolute atomic E-state index is 0. The zero-order chi connectivity index (χ0) is 19.3. The molecule has 6 nitrogen and oxygen atoms in total. The molecule has 1 saturated heterocycles. The number of aromatic carboxylic acids is 1. The molecule has 2 aromatic rings. The number of nitrogens with one attached hydrogen (secondary N) is 1. The number of benzene rings is 1. The van der Waals surface area contributed by atoms with E-state index >= 15 is 4.39 Å². The minimum Gasteiger partial charge on any atom is -0.477 e. The van der Waals surface area contributed by atoms with E-state index in [1.165, 1.54) is 0 Å². The van der Waals surface area contributed by atoms with Crippen LogP contribution < -0.4 is 16.1 Å². The first-order valence-electron chi connectivity index (χ1n) is 9.13. The first-order chi connectivity index (χ1) is 12.8. The molecule has 0 unspecified atom stereocenters. The number of aromatic nitrogens is 1. The van der Waals surface area contributed by atoms with Gasteiger partial charge in [-0.05, 0) is 31.7 Å². The van der Waals surface area contributed by atoms with Crippen LogP contribution >= 0.6 is 24.0 Å². The molecule has 4 N–H and O–H groups in total. The SMILES string of the molecule is Cl.N[C@@H]1CCCCN(c2c(F)cc3c(=O)c(C(=O)O)c[nH]c3c2C2(Cl)CC2)C1. The third-order valence-corrected chi connectivity index (χ3v) is 6.06. The van der Waals surface area contributed by atoms with Crippen LogP contribution in [0.5, 0.6) is 0 Å². The quantitative estimate of drug-likeness (QED) is 0.649. The maximum Gasteiger partial charge on any atom is 0.341 e. The Labute approximate surface area is 172 Å². The number of rotatable bonds is 3. The number of aromatic amines is 1. The lowest BCUT2D eigenvalue weighted by Crippen LogP contribution is -2.37. The third kappa shape index (κ3) is 3.47. The summed E-state index contributed by atoms with van der Waals surface area (Å²) < 4.78 is 15.3. The third-order valence-electron chi connectivity index (χ3n) is 5.50. The number of carboxylic acid groups (broad SMARTS) is 1. The average molecular weight is 430 g/mol. The van der Waals surface area contributed by atoms with Gasteiger partial charge in [-0.25, -0.2) is 9.18 Å². The molecule has 1 aliphatic heterocycles. The average Bonchev–Trinajstić information content (AvgIpc) is 3.38. The molecule has 28 heavy (non-hydrogen) atoms. The van der Waals surface area contributed by atoms with Crippen molar-refractivity contribution in [3.05, 3.63) is 39.4 Å². The van der Waals surface area contributed by atoms with Gasteiger partial charge in [-0.3, -0.25) is 4.79 Å². The van der Waals surface area contributed by atoms with Crippen molar-refractivity contribution in [3.63, 3.8) is 0 Å². The van der Waals surface area contributed by atoms with Crippen molar-refractivity contribution >= 4 is 46.6 Å². The Morgan fingerprint density at radius 2 is 2.11 bits per heavy atom. The Bertz CT molecular complexity index is 991. The molecule has 1 aliphatic carbocycles. The molecule has 9 heteroatoms. The first-order valence-corrected chi connectivity index (χ1v) is 9.51. The fourth-order valence-corrected chi connectivity index (χ4v) is 4.24. The lowest BCUT2D eigenvalue weighted by Gasteiger charge is -2.30. The van der Waals surface area contributed by atoms with Crippen molar-refractivity contribution in [2.24, 2.45) is 5.73 Å². The highest BCUT2D eigenvalue weighted by atomic mass is 35.5. The number of fused-ring (bicyclic) bond motifs is 1. The van der Waals surface area contributed by atoms with Gasteiger partial charge in [0.05, 0.1) is 16.1 Å². The van der Waals surface area contributed by atoms with Gasteiger partial charge in [-0.2, -0.15) is 0 Å². The van der Waals surface area contributed by atoms with Gasteiger partial charge in [0.1, 0.15) is 11.4 Å². The number of pyridine rings is 1. The smallest absolute Gasteiger partial charge is 0.341 e. The largest absolute Gasteiger partial charge is 0.477 e. The molecular formula is C19H22Cl2FN3O3. The van der Waals surface area contributed by atoms with Crippen LogP contribution in [-0.4, -0.2) is 35.2 Å². The van der Waals surface area contributed by atoms with Crippen molar-refractivity contribution in [1.29, 1.82) is 0 Å². The Kier molecular flexibility index (Phi) is 5.62. The molecule has 1 atom stereocenters. The van der Waals surface area contributed by atoms with Gasteiger partial charge >= 0.3 is 5.97 Å². The number of nitrogens with zero attached hydrogens (tertiary/aromatic N) is 1. The van der Waals surface area contributed by atoms with E-state index in [2.05, 4.69) is 4.98 Å². The zero-order valence-electron chi connectivity index (χ0n) is 15.1. The molecule has 1 aromatic heterocycles. The van der Waals surface area contributed by atoms with Crippen LogP contribution in [0.25, 0.3) is 10.9 Å². The van der Waals surface area contributed by atoms with Crippen molar-refractivity contribution < 1.29 is 14.3 Å². The summed E-state index contributed by atoms with van der Waals surface area (Å²) in [5.41, 5.74) is 6.36. The summed E-state index contributed by atoms with van der Waals surface area (Å²) in [5.74, 6) is -1.92. The van der Waals surface area contributed by atoms with E-state index in [4.69, 9.17) is 17.3 Å². The summed E-state index contributed by atoms with van der Waals surface area (Å²) in [6.45, 7) is 1.17. The van der Waals surface area contributed by atoms with E-state index in [1.54, 1.807) is 0 Å². The van der Waals surface area contributed by atoms with E-state index < -0.39 is 27.7 Å². The van der Waals surface area contributed by atoms with Crippen molar-refractivity contribution in [1.82, 2.24) is 4.98 Å². The predicted molar refractivity (Wildman–Crippen MR) is 110 cm³/mol. The van der Waals surface area contributed by atoms with Crippen LogP contribution in [-0.2, 0) is 4.87 Å². The van der Waals surface area contributed by atoms with Crippen LogP contribution in [0, 0.1) is 5.82 Å². The second-order valence-corrected chi connectivity index (χ2v) is 8.23. The lowest BCUT2D eigenvalue weighted by atomic mass is 9.99. The molecule has 0 bridgehead atoms. The highest BCUT2D eigenvalue weighted by molar-refractivity contribution is 6.27. The molecule has 2 fully saturated rings. The Morgan fingerprint density at radius 1 is 1.39 bits per heavy atom. The van der Waals surface area contributed by atoms with Crippen LogP contribution in [0.4, 0.5) is 10.1 Å². The molecule has 152 valence electrons. The summed E-state index contributed by atoms with van der Waals surface area (Å²) in [6.07, 6.45) is 5.26. The molecule has 0 amide bonds. The first kappa shape index (κ1) is 20.9. The molecular weight excluding hydrogens is 408 g/mol. The van der Waals surface area contributed by atoms with Gasteiger partial charge in [-0.15, -0.1) is 24.0 Å². The Morgan fingerprint density at radius 3 is 2.75 bits per heavy atom. The standard InChI is InChI=1S/C19H21ClFN3O3.ClH/c20-19(4-5-19)14-15-11(17(25)12(8-23-15)18(26)27)7-13(21)16(14)24-6-2-1-3-10(22)9-24;/h7-8,10H,1-6,9,22H2,(H,23,25)(H,26,27);1H/t10-;/m1./s1. The summed E-state index contributed by atoms with van der Waals surface area (Å²) in [5, 5.41) is 9.20. The number of halogens is 3. The zero-order valence-corrected chi connectivity index (χ0v) is 16.7. The van der Waals surface area contributed by atoms with Gasteiger partial charge in [0.15, 0.2) is 0 Å². The molecule has 0 spiro atoms. The molecule has 2 heterocycles. The molecule has 1 saturated carbocycles. The highest BCUT2D eigenvalue weighted by Crippen LogP contribution is 2.57. The molecule has 0 radical (unpaired) electrons. The topological polar surface area (TPSA) is 99.4 Å². The second-order valence-electron chi connectivity index (χ2n) is 7.51. The number of H-pyrrole nitrogens is 1. The van der Waals surface area contributed by atoms with Crippen molar-refractivity contribution in [2.45, 2.75) is 43.0 Å². The van der Waals surface area contributed by atoms with Crippen LogP contribution in [0.2, 0.25) is 0 Å². The monoisotopic (exact) mass is 429 g/mol. The second kappa shape index (κ2) is 7.54. The van der Waals surface area contributed by atoms with Crippen LogP contribution in [0.3, 0.4) is 0 Å². The summed E-state index contributed by atoms with van der Waals surface area (Å²) in [7, 11) is 0. The van der Waals surface area contributed by atoms with E-state index in [0.717, 1.165) is 31.5 Å². The molecule has 2 aliphatic rings. The van der Waals surface area contributed by atoms with Crippen LogP contribution in [0.15, 0.2) is 17.1 Å². The van der Waals surface area contributed by atoms with Gasteiger partial charge in [0.25, 0.3) is 0 Å². The fourth-order valence-electron chi connectivity index (χ4n) is 3.97. The number of carbonyl (C=O) groups is 1. The number of carboxylic acids is 1. The number of hydrogen-bond donors (Lipinski definition) is 3. The van der Waals surface area contributed by atoms with Gasteiger partial charge < -0.3 is 20.7 Å². The fraction of sp³-hybridized carbons (Fsp3) is 0.474. The summed E-state index contributed by atoms with van der Waals surface area (Å²) in [6, 6.07) is 1.06. The molecule has 4 rings (SSSR count). The number of alkyl halides is 1. The van der Waals surface area contributed by atoms with Crippen molar-refractivity contribution in [3.8, 4) is 0 Å². The van der Waals surface area contributed by atoms with Gasteiger partial charge in [-0.1, -0.05) is 6.42 Å². The van der Waals surface area contributed by atoms with Crippen molar-refractivity contribution in [2.75, 3.05) is 18.0 Å². The maximum atomic E-state index is 15.3. The minimum atomic E-state index is -1.35. The van der Waals surface area contributed by atoms with Gasteiger partial charge in [0.2, 0.25) is 5.43 Å². The number of nitrogens with two attached hydrogens (primary N) is 1.